The molecule has 4 aromatic rings. The molecule has 0 radical (unpaired) electrons. The molecule has 28 heavy (non-hydrogen) atoms. The molecule has 1 N–H and O–H groups in total. The summed E-state index contributed by atoms with van der Waals surface area (Å²) in [5.74, 6) is 0.285. The predicted molar refractivity (Wildman–Crippen MR) is 113 cm³/mol. The molecule has 0 aliphatic rings. The van der Waals surface area contributed by atoms with Gasteiger partial charge in [-0.15, -0.1) is 0 Å². The highest BCUT2D eigenvalue weighted by molar-refractivity contribution is 6.34. The summed E-state index contributed by atoms with van der Waals surface area (Å²) in [6.07, 6.45) is 0. The summed E-state index contributed by atoms with van der Waals surface area (Å²) in [5, 5.41) is 3.34. The highest BCUT2D eigenvalue weighted by Crippen LogP contribution is 2.32. The Labute approximate surface area is 168 Å². The van der Waals surface area contributed by atoms with Crippen LogP contribution in [0.25, 0.3) is 22.6 Å². The summed E-state index contributed by atoms with van der Waals surface area (Å²) in [5.41, 5.74) is 6.52. The van der Waals surface area contributed by atoms with Crippen molar-refractivity contribution in [1.29, 1.82) is 0 Å². The zero-order valence-electron chi connectivity index (χ0n) is 15.8. The molecule has 1 aromatic heterocycles. The monoisotopic (exact) mass is 390 g/mol. The number of hydrogen-bond acceptors (Lipinski definition) is 3. The molecule has 0 fully saturated rings. The van der Waals surface area contributed by atoms with Crippen molar-refractivity contribution < 1.29 is 9.21 Å². The van der Waals surface area contributed by atoms with Crippen LogP contribution < -0.4 is 5.32 Å². The van der Waals surface area contributed by atoms with Gasteiger partial charge in [-0.3, -0.25) is 4.79 Å². The number of halogens is 1. The summed E-state index contributed by atoms with van der Waals surface area (Å²) in [6, 6.07) is 16.8. The van der Waals surface area contributed by atoms with Crippen molar-refractivity contribution in [2.75, 3.05) is 5.32 Å². The number of anilines is 1. The largest absolute Gasteiger partial charge is 0.436 e. The van der Waals surface area contributed by atoms with Crippen LogP contribution in [0.2, 0.25) is 5.02 Å². The molecule has 0 unspecified atom stereocenters. The fourth-order valence-corrected chi connectivity index (χ4v) is 3.44. The Bertz CT molecular complexity index is 1210. The summed E-state index contributed by atoms with van der Waals surface area (Å²) in [4.78, 5) is 17.3. The zero-order chi connectivity index (χ0) is 19.8. The third kappa shape index (κ3) is 3.39. The minimum absolute atomic E-state index is 0.207. The van der Waals surface area contributed by atoms with Crippen molar-refractivity contribution in [3.63, 3.8) is 0 Å². The maximum Gasteiger partial charge on any atom is 0.255 e. The second kappa shape index (κ2) is 7.13. The van der Waals surface area contributed by atoms with Gasteiger partial charge in [0, 0.05) is 11.1 Å². The van der Waals surface area contributed by atoms with Crippen molar-refractivity contribution in [3.8, 4) is 11.5 Å². The van der Waals surface area contributed by atoms with Crippen molar-refractivity contribution in [2.24, 2.45) is 0 Å². The third-order valence-corrected chi connectivity index (χ3v) is 5.00. The Balaban J connectivity index is 1.71. The maximum absolute atomic E-state index is 12.6. The summed E-state index contributed by atoms with van der Waals surface area (Å²) in [6.45, 7) is 5.93. The lowest BCUT2D eigenvalue weighted by molar-refractivity contribution is 0.102. The highest BCUT2D eigenvalue weighted by Gasteiger charge is 2.15. The van der Waals surface area contributed by atoms with E-state index in [1.165, 1.54) is 0 Å². The second-order valence-corrected chi connectivity index (χ2v) is 7.32. The third-order valence-electron chi connectivity index (χ3n) is 4.67. The van der Waals surface area contributed by atoms with Crippen LogP contribution in [0.5, 0.6) is 0 Å². The minimum Gasteiger partial charge on any atom is -0.436 e. The van der Waals surface area contributed by atoms with Crippen LogP contribution in [0, 0.1) is 20.8 Å². The molecule has 0 saturated heterocycles. The molecule has 0 aliphatic carbocycles. The van der Waals surface area contributed by atoms with Crippen molar-refractivity contribution in [1.82, 2.24) is 4.98 Å². The lowest BCUT2D eigenvalue weighted by atomic mass is 10.1. The molecule has 0 bridgehead atoms. The van der Waals surface area contributed by atoms with Gasteiger partial charge in [-0.05, 0) is 67.8 Å². The fraction of sp³-hybridized carbons (Fsp3) is 0.130. The number of nitrogens with zero attached hydrogens (tertiary/aromatic N) is 1. The Morgan fingerprint density at radius 2 is 1.79 bits per heavy atom. The van der Waals surface area contributed by atoms with Gasteiger partial charge in [-0.2, -0.15) is 0 Å². The molecule has 5 heteroatoms. The van der Waals surface area contributed by atoms with Gasteiger partial charge in [0.25, 0.3) is 5.91 Å². The number of hydrogen-bond donors (Lipinski definition) is 1. The second-order valence-electron chi connectivity index (χ2n) is 6.91. The van der Waals surface area contributed by atoms with E-state index in [2.05, 4.69) is 16.4 Å². The first-order valence-corrected chi connectivity index (χ1v) is 9.35. The summed E-state index contributed by atoms with van der Waals surface area (Å²) >= 11 is 6.31. The van der Waals surface area contributed by atoms with E-state index in [1.54, 1.807) is 18.2 Å². The van der Waals surface area contributed by atoms with Crippen molar-refractivity contribution >= 4 is 34.3 Å². The first kappa shape index (κ1) is 18.3. The Kier molecular flexibility index (Phi) is 4.65. The van der Waals surface area contributed by atoms with E-state index in [9.17, 15) is 4.79 Å². The Hall–Kier alpha value is -3.11. The predicted octanol–water partition coefficient (Wildman–Crippen LogP) is 6.33. The topological polar surface area (TPSA) is 55.1 Å². The van der Waals surface area contributed by atoms with Crippen LogP contribution in [0.15, 0.2) is 59.0 Å². The molecule has 0 spiro atoms. The smallest absolute Gasteiger partial charge is 0.255 e. The van der Waals surface area contributed by atoms with Gasteiger partial charge < -0.3 is 9.73 Å². The van der Waals surface area contributed by atoms with E-state index in [0.717, 1.165) is 33.4 Å². The molecular weight excluding hydrogens is 372 g/mol. The average molecular weight is 391 g/mol. The van der Waals surface area contributed by atoms with Crippen LogP contribution in [0.1, 0.15) is 27.0 Å². The first-order chi connectivity index (χ1) is 13.4. The number of carbonyl (C=O) groups is 1. The van der Waals surface area contributed by atoms with Gasteiger partial charge in [0.15, 0.2) is 5.58 Å². The lowest BCUT2D eigenvalue weighted by Crippen LogP contribution is -2.13. The van der Waals surface area contributed by atoms with E-state index in [4.69, 9.17) is 16.0 Å². The van der Waals surface area contributed by atoms with E-state index in [0.29, 0.717) is 22.2 Å². The summed E-state index contributed by atoms with van der Waals surface area (Å²) in [7, 11) is 0. The Morgan fingerprint density at radius 3 is 2.57 bits per heavy atom. The van der Waals surface area contributed by atoms with Gasteiger partial charge in [-0.1, -0.05) is 35.9 Å². The van der Waals surface area contributed by atoms with Gasteiger partial charge in [0.2, 0.25) is 5.89 Å². The van der Waals surface area contributed by atoms with Gasteiger partial charge in [0.05, 0.1) is 10.7 Å². The SMILES string of the molecule is Cc1cc(C)c2oc(-c3ccc(Cl)c(NC(=O)c4ccccc4C)c3)nc2c1. The van der Waals surface area contributed by atoms with Gasteiger partial charge >= 0.3 is 0 Å². The molecule has 140 valence electrons. The number of nitrogens with one attached hydrogen (secondary N) is 1. The molecule has 1 amide bonds. The van der Waals surface area contributed by atoms with E-state index < -0.39 is 0 Å². The molecule has 0 aliphatic heterocycles. The number of benzene rings is 3. The first-order valence-electron chi connectivity index (χ1n) is 8.97. The standard InChI is InChI=1S/C23H19ClN2O2/c1-13-10-15(3)21-20(11-13)26-23(28-21)16-8-9-18(24)19(12-16)25-22(27)17-7-5-4-6-14(17)2/h4-12H,1-3H3,(H,25,27). The molecule has 4 rings (SSSR count). The number of carbonyl (C=O) groups excluding carboxylic acids is 1. The number of aromatic nitrogens is 1. The van der Waals surface area contributed by atoms with Gasteiger partial charge in [-0.25, -0.2) is 4.98 Å². The van der Waals surface area contributed by atoms with E-state index in [1.807, 2.05) is 51.1 Å². The number of oxazole rings is 1. The number of rotatable bonds is 3. The number of fused-ring (bicyclic) bond motifs is 1. The van der Waals surface area contributed by atoms with Crippen molar-refractivity contribution in [3.05, 3.63) is 81.9 Å². The molecule has 0 atom stereocenters. The fourth-order valence-electron chi connectivity index (χ4n) is 3.27. The maximum atomic E-state index is 12.6. The minimum atomic E-state index is -0.207. The van der Waals surface area contributed by atoms with Gasteiger partial charge in [0.1, 0.15) is 5.52 Å². The molecule has 4 nitrogen and oxygen atoms in total. The number of aryl methyl sites for hydroxylation is 3. The molecule has 3 aromatic carbocycles. The van der Waals surface area contributed by atoms with Crippen LogP contribution >= 0.6 is 11.6 Å². The van der Waals surface area contributed by atoms with Crippen molar-refractivity contribution in [2.45, 2.75) is 20.8 Å². The summed E-state index contributed by atoms with van der Waals surface area (Å²) < 4.78 is 5.98. The highest BCUT2D eigenvalue weighted by atomic mass is 35.5. The number of amides is 1. The van der Waals surface area contributed by atoms with Crippen LogP contribution in [0.3, 0.4) is 0 Å². The molecular formula is C23H19ClN2O2. The average Bonchev–Trinajstić information content (AvgIpc) is 3.08. The van der Waals surface area contributed by atoms with E-state index in [-0.39, 0.29) is 5.91 Å². The zero-order valence-corrected chi connectivity index (χ0v) is 16.6. The lowest BCUT2D eigenvalue weighted by Gasteiger charge is -2.10. The quantitative estimate of drug-likeness (QED) is 0.445. The normalized spacial score (nSPS) is 11.0. The van der Waals surface area contributed by atoms with Crippen LogP contribution in [-0.2, 0) is 0 Å². The molecule has 0 saturated carbocycles. The van der Waals surface area contributed by atoms with E-state index >= 15 is 0 Å². The van der Waals surface area contributed by atoms with Crippen LogP contribution in [-0.4, -0.2) is 10.9 Å². The molecule has 1 heterocycles. The van der Waals surface area contributed by atoms with Crippen LogP contribution in [0.4, 0.5) is 5.69 Å². The Morgan fingerprint density at radius 1 is 1.00 bits per heavy atom.